The van der Waals surface area contributed by atoms with Crippen molar-refractivity contribution in [3.05, 3.63) is 35.4 Å². The number of carbonyl (C=O) groups excluding carboxylic acids is 2. The average Bonchev–Trinajstić information content (AvgIpc) is 2.52. The molecule has 1 aromatic rings. The molecule has 1 N–H and O–H groups in total. The van der Waals surface area contributed by atoms with E-state index in [2.05, 4.69) is 11.2 Å². The first-order valence-corrected chi connectivity index (χ1v) is 6.98. The zero-order valence-corrected chi connectivity index (χ0v) is 11.9. The minimum Gasteiger partial charge on any atom is -0.345 e. The molecule has 0 aromatic heterocycles. The Labute approximate surface area is 127 Å². The van der Waals surface area contributed by atoms with Crippen LogP contribution < -0.4 is 5.32 Å². The zero-order chi connectivity index (χ0) is 16.1. The van der Waals surface area contributed by atoms with Gasteiger partial charge in [-0.25, -0.2) is 8.78 Å². The Morgan fingerprint density at radius 3 is 2.59 bits per heavy atom. The van der Waals surface area contributed by atoms with Gasteiger partial charge in [-0.3, -0.25) is 9.59 Å². The van der Waals surface area contributed by atoms with Gasteiger partial charge in [0.25, 0.3) is 5.91 Å². The number of hydrogen-bond acceptors (Lipinski definition) is 2. The van der Waals surface area contributed by atoms with Crippen molar-refractivity contribution in [1.29, 1.82) is 0 Å². The van der Waals surface area contributed by atoms with E-state index < -0.39 is 17.5 Å². The fraction of sp³-hybridized carbons (Fsp3) is 0.375. The predicted octanol–water partition coefficient (Wildman–Crippen LogP) is 1.57. The summed E-state index contributed by atoms with van der Waals surface area (Å²) in [6.07, 6.45) is 6.06. The molecule has 22 heavy (non-hydrogen) atoms. The van der Waals surface area contributed by atoms with Crippen LogP contribution in [0.4, 0.5) is 8.78 Å². The van der Waals surface area contributed by atoms with E-state index in [1.54, 1.807) is 0 Å². The quantitative estimate of drug-likeness (QED) is 0.862. The van der Waals surface area contributed by atoms with Crippen LogP contribution in [0.2, 0.25) is 0 Å². The smallest absolute Gasteiger partial charge is 0.256 e. The van der Waals surface area contributed by atoms with Crippen molar-refractivity contribution < 1.29 is 18.4 Å². The molecule has 1 heterocycles. The standard InChI is InChI=1S/C16H16F2N2O2/c1-2-7-19-15(21)11-5-8-20(9-6-11)16(22)13-4-3-12(17)10-14(13)18/h1,3-4,10-11H,5-9H2,(H,19,21). The van der Waals surface area contributed by atoms with Crippen LogP contribution in [0.1, 0.15) is 23.2 Å². The summed E-state index contributed by atoms with van der Waals surface area (Å²) in [7, 11) is 0. The summed E-state index contributed by atoms with van der Waals surface area (Å²) in [5, 5.41) is 2.61. The highest BCUT2D eigenvalue weighted by atomic mass is 19.1. The van der Waals surface area contributed by atoms with Gasteiger partial charge in [0, 0.05) is 25.1 Å². The van der Waals surface area contributed by atoms with E-state index in [-0.39, 0.29) is 23.9 Å². The lowest BCUT2D eigenvalue weighted by Gasteiger charge is -2.31. The predicted molar refractivity (Wildman–Crippen MR) is 76.8 cm³/mol. The normalized spacial score (nSPS) is 15.2. The summed E-state index contributed by atoms with van der Waals surface area (Å²) < 4.78 is 26.5. The van der Waals surface area contributed by atoms with Crippen molar-refractivity contribution in [1.82, 2.24) is 10.2 Å². The Kier molecular flexibility index (Phi) is 5.10. The van der Waals surface area contributed by atoms with Crippen LogP contribution in [0, 0.1) is 29.9 Å². The third-order valence-corrected chi connectivity index (χ3v) is 3.68. The molecule has 2 rings (SSSR count). The zero-order valence-electron chi connectivity index (χ0n) is 11.9. The Morgan fingerprint density at radius 1 is 1.32 bits per heavy atom. The first-order valence-electron chi connectivity index (χ1n) is 6.98. The number of likely N-dealkylation sites (tertiary alicyclic amines) is 1. The number of hydrogen-bond donors (Lipinski definition) is 1. The van der Waals surface area contributed by atoms with Gasteiger partial charge in [-0.05, 0) is 25.0 Å². The first-order chi connectivity index (χ1) is 10.5. The topological polar surface area (TPSA) is 49.4 Å². The van der Waals surface area contributed by atoms with Crippen LogP contribution in [-0.4, -0.2) is 36.3 Å². The maximum absolute atomic E-state index is 13.6. The molecule has 1 saturated heterocycles. The minimum atomic E-state index is -0.876. The Hall–Kier alpha value is -2.42. The number of rotatable bonds is 3. The number of halogens is 2. The highest BCUT2D eigenvalue weighted by Crippen LogP contribution is 2.20. The third-order valence-electron chi connectivity index (χ3n) is 3.68. The van der Waals surface area contributed by atoms with E-state index in [4.69, 9.17) is 6.42 Å². The Bertz CT molecular complexity index is 617. The summed E-state index contributed by atoms with van der Waals surface area (Å²) in [5.41, 5.74) is -0.156. The molecule has 1 fully saturated rings. The van der Waals surface area contributed by atoms with E-state index >= 15 is 0 Å². The lowest BCUT2D eigenvalue weighted by molar-refractivity contribution is -0.126. The molecule has 6 heteroatoms. The summed E-state index contributed by atoms with van der Waals surface area (Å²) in [6.45, 7) is 0.881. The van der Waals surface area contributed by atoms with E-state index in [1.165, 1.54) is 4.90 Å². The number of nitrogens with zero attached hydrogens (tertiary/aromatic N) is 1. The van der Waals surface area contributed by atoms with Crippen molar-refractivity contribution in [2.45, 2.75) is 12.8 Å². The largest absolute Gasteiger partial charge is 0.345 e. The van der Waals surface area contributed by atoms with Gasteiger partial charge >= 0.3 is 0 Å². The van der Waals surface area contributed by atoms with Crippen LogP contribution in [0.15, 0.2) is 18.2 Å². The molecule has 0 unspecified atom stereocenters. The van der Waals surface area contributed by atoms with Crippen LogP contribution in [0.5, 0.6) is 0 Å². The number of piperidine rings is 1. The molecule has 116 valence electrons. The van der Waals surface area contributed by atoms with Crippen LogP contribution in [0.3, 0.4) is 0 Å². The van der Waals surface area contributed by atoms with Crippen LogP contribution >= 0.6 is 0 Å². The molecular formula is C16H16F2N2O2. The van der Waals surface area contributed by atoms with Gasteiger partial charge in [-0.1, -0.05) is 5.92 Å². The van der Waals surface area contributed by atoms with E-state index in [9.17, 15) is 18.4 Å². The van der Waals surface area contributed by atoms with Gasteiger partial charge in [-0.15, -0.1) is 6.42 Å². The maximum Gasteiger partial charge on any atom is 0.256 e. The molecular weight excluding hydrogens is 290 g/mol. The molecule has 1 aliphatic heterocycles. The van der Waals surface area contributed by atoms with Gasteiger partial charge in [0.2, 0.25) is 5.91 Å². The molecule has 0 saturated carbocycles. The molecule has 0 atom stereocenters. The number of benzene rings is 1. The molecule has 0 spiro atoms. The minimum absolute atomic E-state index is 0.127. The molecule has 2 amide bonds. The lowest BCUT2D eigenvalue weighted by Crippen LogP contribution is -2.43. The fourth-order valence-electron chi connectivity index (χ4n) is 2.46. The van der Waals surface area contributed by atoms with E-state index in [1.807, 2.05) is 0 Å². The SMILES string of the molecule is C#CCNC(=O)C1CCN(C(=O)c2ccc(F)cc2F)CC1. The highest BCUT2D eigenvalue weighted by molar-refractivity contribution is 5.94. The molecule has 0 bridgehead atoms. The third kappa shape index (κ3) is 3.61. The summed E-state index contributed by atoms with van der Waals surface area (Å²) >= 11 is 0. The lowest BCUT2D eigenvalue weighted by atomic mass is 9.95. The molecule has 4 nitrogen and oxygen atoms in total. The van der Waals surface area contributed by atoms with E-state index in [0.29, 0.717) is 32.0 Å². The monoisotopic (exact) mass is 306 g/mol. The fourth-order valence-corrected chi connectivity index (χ4v) is 2.46. The van der Waals surface area contributed by atoms with Crippen molar-refractivity contribution in [2.24, 2.45) is 5.92 Å². The second-order valence-electron chi connectivity index (χ2n) is 5.11. The molecule has 1 aliphatic rings. The highest BCUT2D eigenvalue weighted by Gasteiger charge is 2.28. The number of terminal acetylenes is 1. The van der Waals surface area contributed by atoms with Crippen molar-refractivity contribution in [3.63, 3.8) is 0 Å². The number of nitrogens with one attached hydrogen (secondary N) is 1. The average molecular weight is 306 g/mol. The van der Waals surface area contributed by atoms with Gasteiger partial charge in [-0.2, -0.15) is 0 Å². The van der Waals surface area contributed by atoms with Crippen molar-refractivity contribution in [3.8, 4) is 12.3 Å². The molecule has 1 aromatic carbocycles. The first kappa shape index (κ1) is 16.0. The molecule has 0 aliphatic carbocycles. The van der Waals surface area contributed by atoms with Crippen LogP contribution in [-0.2, 0) is 4.79 Å². The van der Waals surface area contributed by atoms with E-state index in [0.717, 1.165) is 12.1 Å². The van der Waals surface area contributed by atoms with Crippen molar-refractivity contribution >= 4 is 11.8 Å². The Morgan fingerprint density at radius 2 is 2.00 bits per heavy atom. The summed E-state index contributed by atoms with van der Waals surface area (Å²) in [6, 6.07) is 2.88. The van der Waals surface area contributed by atoms with Gasteiger partial charge in [0.05, 0.1) is 12.1 Å². The summed E-state index contributed by atoms with van der Waals surface area (Å²) in [5.74, 6) is -0.0836. The Balaban J connectivity index is 1.95. The van der Waals surface area contributed by atoms with Gasteiger partial charge < -0.3 is 10.2 Å². The van der Waals surface area contributed by atoms with Gasteiger partial charge in [0.1, 0.15) is 11.6 Å². The second kappa shape index (κ2) is 7.03. The van der Waals surface area contributed by atoms with Crippen molar-refractivity contribution in [2.75, 3.05) is 19.6 Å². The van der Waals surface area contributed by atoms with Crippen LogP contribution in [0.25, 0.3) is 0 Å². The number of amides is 2. The maximum atomic E-state index is 13.6. The second-order valence-corrected chi connectivity index (χ2v) is 5.11. The number of carbonyl (C=O) groups is 2. The summed E-state index contributed by atoms with van der Waals surface area (Å²) in [4.78, 5) is 25.5. The molecule has 0 radical (unpaired) electrons. The van der Waals surface area contributed by atoms with Gasteiger partial charge in [0.15, 0.2) is 0 Å².